The molecule has 3 aliphatic heterocycles. The maximum absolute atomic E-state index is 13.2. The zero-order chi connectivity index (χ0) is 20.1. The molecule has 1 fully saturated rings. The third-order valence-electron chi connectivity index (χ3n) is 6.74. The van der Waals surface area contributed by atoms with Crippen LogP contribution in [0.15, 0.2) is 30.3 Å². The third-order valence-corrected chi connectivity index (χ3v) is 6.74. The van der Waals surface area contributed by atoms with Crippen LogP contribution in [0.1, 0.15) is 39.0 Å². The van der Waals surface area contributed by atoms with Gasteiger partial charge in [-0.05, 0) is 67.1 Å². The van der Waals surface area contributed by atoms with Crippen LogP contribution in [0, 0.1) is 13.8 Å². The molecule has 2 amide bonds. The first-order chi connectivity index (χ1) is 14.0. The summed E-state index contributed by atoms with van der Waals surface area (Å²) in [6.45, 7) is 8.27. The Labute approximate surface area is 171 Å². The summed E-state index contributed by atoms with van der Waals surface area (Å²) in [4.78, 5) is 31.8. The molecule has 3 heterocycles. The molecule has 0 spiro atoms. The molecule has 1 saturated heterocycles. The lowest BCUT2D eigenvalue weighted by atomic mass is 9.96. The molecule has 5 rings (SSSR count). The summed E-state index contributed by atoms with van der Waals surface area (Å²) >= 11 is 0. The molecule has 5 heteroatoms. The molecule has 3 aliphatic rings. The van der Waals surface area contributed by atoms with Gasteiger partial charge in [-0.1, -0.05) is 12.1 Å². The Morgan fingerprint density at radius 1 is 0.966 bits per heavy atom. The topological polar surface area (TPSA) is 43.9 Å². The monoisotopic (exact) mass is 389 g/mol. The van der Waals surface area contributed by atoms with Gasteiger partial charge in [0.25, 0.3) is 5.91 Å². The van der Waals surface area contributed by atoms with Crippen LogP contribution in [0.25, 0.3) is 0 Å². The van der Waals surface area contributed by atoms with Crippen LogP contribution in [0.2, 0.25) is 0 Å². The SMILES string of the molecule is Cc1cccc(N2CCN(C(=O)c3cc4c5c(c3)CC(=O)N5CCC4)CC2)c1C. The highest BCUT2D eigenvalue weighted by Crippen LogP contribution is 2.38. The molecule has 2 aromatic carbocycles. The van der Waals surface area contributed by atoms with Crippen molar-refractivity contribution in [3.05, 3.63) is 58.1 Å². The number of amides is 2. The van der Waals surface area contributed by atoms with Gasteiger partial charge in [0.2, 0.25) is 5.91 Å². The number of rotatable bonds is 2. The minimum Gasteiger partial charge on any atom is -0.368 e. The zero-order valence-corrected chi connectivity index (χ0v) is 17.2. The number of carbonyl (C=O) groups is 2. The van der Waals surface area contributed by atoms with Crippen molar-refractivity contribution in [3.8, 4) is 0 Å². The summed E-state index contributed by atoms with van der Waals surface area (Å²) in [6.07, 6.45) is 2.36. The van der Waals surface area contributed by atoms with Crippen molar-refractivity contribution in [1.29, 1.82) is 0 Å². The average Bonchev–Trinajstić information content (AvgIpc) is 3.06. The summed E-state index contributed by atoms with van der Waals surface area (Å²) in [6, 6.07) is 10.4. The molecule has 29 heavy (non-hydrogen) atoms. The average molecular weight is 389 g/mol. The molecular formula is C24H27N3O2. The van der Waals surface area contributed by atoms with E-state index in [-0.39, 0.29) is 11.8 Å². The van der Waals surface area contributed by atoms with E-state index in [2.05, 4.69) is 36.9 Å². The Hall–Kier alpha value is -2.82. The molecule has 0 N–H and O–H groups in total. The highest BCUT2D eigenvalue weighted by atomic mass is 16.2. The van der Waals surface area contributed by atoms with E-state index < -0.39 is 0 Å². The number of benzene rings is 2. The Morgan fingerprint density at radius 2 is 1.72 bits per heavy atom. The summed E-state index contributed by atoms with van der Waals surface area (Å²) in [5, 5.41) is 0. The number of carbonyl (C=O) groups excluding carboxylic acids is 2. The van der Waals surface area contributed by atoms with Gasteiger partial charge in [0.05, 0.1) is 12.1 Å². The van der Waals surface area contributed by atoms with Gasteiger partial charge in [0.1, 0.15) is 0 Å². The highest BCUT2D eigenvalue weighted by Gasteiger charge is 2.33. The zero-order valence-electron chi connectivity index (χ0n) is 17.2. The largest absolute Gasteiger partial charge is 0.368 e. The number of anilines is 2. The molecule has 0 radical (unpaired) electrons. The lowest BCUT2D eigenvalue weighted by Crippen LogP contribution is -2.49. The van der Waals surface area contributed by atoms with E-state index in [1.165, 1.54) is 16.8 Å². The Balaban J connectivity index is 1.34. The van der Waals surface area contributed by atoms with Crippen LogP contribution in [0.3, 0.4) is 0 Å². The number of hydrogen-bond acceptors (Lipinski definition) is 3. The number of nitrogens with zero attached hydrogens (tertiary/aromatic N) is 3. The Kier molecular flexibility index (Phi) is 4.34. The van der Waals surface area contributed by atoms with Gasteiger partial charge >= 0.3 is 0 Å². The summed E-state index contributed by atoms with van der Waals surface area (Å²) in [7, 11) is 0. The van der Waals surface area contributed by atoms with E-state index in [0.717, 1.165) is 67.9 Å². The fourth-order valence-electron chi connectivity index (χ4n) is 5.01. The quantitative estimate of drug-likeness (QED) is 0.793. The predicted molar refractivity (Wildman–Crippen MR) is 115 cm³/mol. The van der Waals surface area contributed by atoms with Crippen molar-refractivity contribution in [3.63, 3.8) is 0 Å². The molecule has 0 bridgehead atoms. The van der Waals surface area contributed by atoms with E-state index in [9.17, 15) is 9.59 Å². The van der Waals surface area contributed by atoms with E-state index >= 15 is 0 Å². The van der Waals surface area contributed by atoms with Crippen molar-refractivity contribution in [2.75, 3.05) is 42.5 Å². The normalized spacial score (nSPS) is 18.3. The predicted octanol–water partition coefficient (Wildman–Crippen LogP) is 3.10. The number of aryl methyl sites for hydroxylation is 2. The Morgan fingerprint density at radius 3 is 2.52 bits per heavy atom. The van der Waals surface area contributed by atoms with Crippen molar-refractivity contribution in [1.82, 2.24) is 4.90 Å². The van der Waals surface area contributed by atoms with E-state index in [1.807, 2.05) is 21.9 Å². The van der Waals surface area contributed by atoms with Crippen molar-refractivity contribution in [2.24, 2.45) is 0 Å². The number of hydrogen-bond donors (Lipinski definition) is 0. The highest BCUT2D eigenvalue weighted by molar-refractivity contribution is 6.04. The van der Waals surface area contributed by atoms with Crippen LogP contribution in [-0.2, 0) is 17.6 Å². The lowest BCUT2D eigenvalue weighted by Gasteiger charge is -2.37. The van der Waals surface area contributed by atoms with E-state index in [0.29, 0.717) is 6.42 Å². The molecule has 0 atom stereocenters. The molecular weight excluding hydrogens is 362 g/mol. The minimum absolute atomic E-state index is 0.0983. The molecule has 0 aliphatic carbocycles. The molecule has 0 aromatic heterocycles. The maximum atomic E-state index is 13.2. The van der Waals surface area contributed by atoms with Crippen LogP contribution in [-0.4, -0.2) is 49.4 Å². The lowest BCUT2D eigenvalue weighted by molar-refractivity contribution is -0.117. The number of piperazine rings is 1. The van der Waals surface area contributed by atoms with Gasteiger partial charge in [-0.3, -0.25) is 9.59 Å². The van der Waals surface area contributed by atoms with Gasteiger partial charge < -0.3 is 14.7 Å². The van der Waals surface area contributed by atoms with Gasteiger partial charge in [-0.2, -0.15) is 0 Å². The Bertz CT molecular complexity index is 1010. The van der Waals surface area contributed by atoms with Gasteiger partial charge in [-0.15, -0.1) is 0 Å². The maximum Gasteiger partial charge on any atom is 0.253 e. The summed E-state index contributed by atoms with van der Waals surface area (Å²) < 4.78 is 0. The minimum atomic E-state index is 0.0983. The van der Waals surface area contributed by atoms with Crippen LogP contribution in [0.4, 0.5) is 11.4 Å². The van der Waals surface area contributed by atoms with Gasteiger partial charge in [0, 0.05) is 44.0 Å². The van der Waals surface area contributed by atoms with Crippen LogP contribution >= 0.6 is 0 Å². The first-order valence-electron chi connectivity index (χ1n) is 10.6. The standard InChI is InChI=1S/C24H27N3O2/c1-16-5-3-7-21(17(16)2)25-9-11-26(12-10-25)24(29)20-13-18-6-4-8-27-22(28)15-19(14-20)23(18)27/h3,5,7,13-14H,4,6,8-12,15H2,1-2H3. The second-order valence-electron chi connectivity index (χ2n) is 8.47. The van der Waals surface area contributed by atoms with Gasteiger partial charge in [0.15, 0.2) is 0 Å². The smallest absolute Gasteiger partial charge is 0.253 e. The fraction of sp³-hybridized carbons (Fsp3) is 0.417. The molecule has 0 unspecified atom stereocenters. The molecule has 5 nitrogen and oxygen atoms in total. The first kappa shape index (κ1) is 18.2. The second kappa shape index (κ2) is 6.90. The van der Waals surface area contributed by atoms with E-state index in [4.69, 9.17) is 0 Å². The summed E-state index contributed by atoms with van der Waals surface area (Å²) in [5.74, 6) is 0.272. The van der Waals surface area contributed by atoms with Gasteiger partial charge in [-0.25, -0.2) is 0 Å². The van der Waals surface area contributed by atoms with Crippen molar-refractivity contribution >= 4 is 23.2 Å². The van der Waals surface area contributed by atoms with Crippen molar-refractivity contribution < 1.29 is 9.59 Å². The van der Waals surface area contributed by atoms with Crippen molar-refractivity contribution in [2.45, 2.75) is 33.1 Å². The van der Waals surface area contributed by atoms with E-state index in [1.54, 1.807) is 0 Å². The first-order valence-corrected chi connectivity index (χ1v) is 10.6. The molecule has 2 aromatic rings. The van der Waals surface area contributed by atoms with Crippen LogP contribution < -0.4 is 9.80 Å². The molecule has 0 saturated carbocycles. The second-order valence-corrected chi connectivity index (χ2v) is 8.47. The third kappa shape index (κ3) is 3.00. The van der Waals surface area contributed by atoms with Crippen LogP contribution in [0.5, 0.6) is 0 Å². The fourth-order valence-corrected chi connectivity index (χ4v) is 5.01. The summed E-state index contributed by atoms with van der Waals surface area (Å²) in [5.41, 5.74) is 7.92. The molecule has 150 valence electrons.